The van der Waals surface area contributed by atoms with Crippen LogP contribution in [0.3, 0.4) is 0 Å². The molecule has 3 nitrogen and oxygen atoms in total. The van der Waals surface area contributed by atoms with Crippen molar-refractivity contribution >= 4 is 37.4 Å². The minimum Gasteiger partial charge on any atom is -0.236 e. The minimum atomic E-state index is 0.396. The van der Waals surface area contributed by atoms with Crippen molar-refractivity contribution in [3.63, 3.8) is 0 Å². The molecule has 0 spiro atoms. The number of imidazole rings is 1. The van der Waals surface area contributed by atoms with Gasteiger partial charge >= 0.3 is 0 Å². The lowest BCUT2D eigenvalue weighted by Crippen LogP contribution is -1.96. The second-order valence-electron chi connectivity index (χ2n) is 3.77. The number of halogens is 2. The zero-order valence-electron chi connectivity index (χ0n) is 8.75. The monoisotopic (exact) mass is 331 g/mol. The molecule has 2 heterocycles. The van der Waals surface area contributed by atoms with Gasteiger partial charge in [0.25, 0.3) is 0 Å². The average molecular weight is 333 g/mol. The van der Waals surface area contributed by atoms with Crippen LogP contribution in [0.2, 0.25) is 0 Å². The molecule has 0 saturated carbocycles. The van der Waals surface area contributed by atoms with E-state index in [1.54, 1.807) is 0 Å². The van der Waals surface area contributed by atoms with Crippen LogP contribution in [0.5, 0.6) is 0 Å². The molecule has 0 aromatic carbocycles. The van der Waals surface area contributed by atoms with Crippen molar-refractivity contribution < 1.29 is 0 Å². The topological polar surface area (TPSA) is 30.2 Å². The summed E-state index contributed by atoms with van der Waals surface area (Å²) in [5, 5.41) is 4.38. The highest BCUT2D eigenvalue weighted by Crippen LogP contribution is 2.28. The average Bonchev–Trinajstić information content (AvgIpc) is 2.44. The molecule has 0 unspecified atom stereocenters. The van der Waals surface area contributed by atoms with Crippen LogP contribution in [-0.2, 0) is 0 Å². The van der Waals surface area contributed by atoms with Crippen molar-refractivity contribution in [3.05, 3.63) is 26.7 Å². The molecule has 2 aromatic rings. The molecule has 2 rings (SSSR count). The lowest BCUT2D eigenvalue weighted by atomic mass is 10.1. The molecule has 0 aliphatic rings. The van der Waals surface area contributed by atoms with E-state index in [9.17, 15) is 0 Å². The first-order valence-corrected chi connectivity index (χ1v) is 6.30. The van der Waals surface area contributed by atoms with Crippen LogP contribution in [0.25, 0.3) is 5.52 Å². The highest BCUT2D eigenvalue weighted by atomic mass is 79.9. The molecule has 0 fully saturated rings. The molecule has 0 N–H and O–H groups in total. The number of rotatable bonds is 1. The summed E-state index contributed by atoms with van der Waals surface area (Å²) >= 11 is 6.92. The van der Waals surface area contributed by atoms with E-state index in [-0.39, 0.29) is 0 Å². The summed E-state index contributed by atoms with van der Waals surface area (Å²) in [7, 11) is 0. The van der Waals surface area contributed by atoms with Gasteiger partial charge in [0.15, 0.2) is 0 Å². The zero-order chi connectivity index (χ0) is 11.2. The lowest BCUT2D eigenvalue weighted by molar-refractivity contribution is 0.834. The van der Waals surface area contributed by atoms with E-state index in [0.29, 0.717) is 5.92 Å². The minimum absolute atomic E-state index is 0.396. The first-order valence-electron chi connectivity index (χ1n) is 4.72. The van der Waals surface area contributed by atoms with E-state index in [0.717, 1.165) is 26.1 Å². The van der Waals surface area contributed by atoms with Gasteiger partial charge in [-0.1, -0.05) is 13.8 Å². The summed E-state index contributed by atoms with van der Waals surface area (Å²) in [6, 6.07) is 1.95. The van der Waals surface area contributed by atoms with Crippen molar-refractivity contribution in [2.75, 3.05) is 0 Å². The Balaban J connectivity index is 2.87. The van der Waals surface area contributed by atoms with E-state index < -0.39 is 0 Å². The molecular weight excluding hydrogens is 322 g/mol. The van der Waals surface area contributed by atoms with Crippen LogP contribution in [0.4, 0.5) is 0 Å². The van der Waals surface area contributed by atoms with E-state index in [2.05, 4.69) is 55.8 Å². The van der Waals surface area contributed by atoms with Gasteiger partial charge in [0.1, 0.15) is 15.9 Å². The van der Waals surface area contributed by atoms with E-state index >= 15 is 0 Å². The normalized spacial score (nSPS) is 11.6. The van der Waals surface area contributed by atoms with Gasteiger partial charge in [-0.3, -0.25) is 0 Å². The third kappa shape index (κ3) is 1.83. The van der Waals surface area contributed by atoms with Crippen LogP contribution in [0.1, 0.15) is 31.3 Å². The number of aryl methyl sites for hydroxylation is 1. The smallest absolute Gasteiger partial charge is 0.128 e. The molecule has 5 heteroatoms. The predicted molar refractivity (Wildman–Crippen MR) is 67.2 cm³/mol. The van der Waals surface area contributed by atoms with Crippen LogP contribution in [0.15, 0.2) is 15.1 Å². The molecule has 0 bridgehead atoms. The van der Waals surface area contributed by atoms with E-state index in [4.69, 9.17) is 0 Å². The summed E-state index contributed by atoms with van der Waals surface area (Å²) in [6.07, 6.45) is 0. The van der Waals surface area contributed by atoms with Crippen molar-refractivity contribution in [2.24, 2.45) is 0 Å². The highest BCUT2D eigenvalue weighted by molar-refractivity contribution is 9.11. The van der Waals surface area contributed by atoms with Crippen LogP contribution >= 0.6 is 31.9 Å². The van der Waals surface area contributed by atoms with Gasteiger partial charge in [-0.05, 0) is 50.8 Å². The fourth-order valence-corrected chi connectivity index (χ4v) is 2.87. The summed E-state index contributed by atoms with van der Waals surface area (Å²) in [5.74, 6) is 1.31. The molecule has 0 aliphatic heterocycles. The van der Waals surface area contributed by atoms with Crippen molar-refractivity contribution in [3.8, 4) is 0 Å². The standard InChI is InChI=1S/C10H11Br2N3/c1-5(2)9-10-7(11)4-8(12)14-15(10)6(3)13-9/h4-5H,1-3H3. The van der Waals surface area contributed by atoms with Crippen LogP contribution in [-0.4, -0.2) is 14.6 Å². The number of hydrogen-bond donors (Lipinski definition) is 0. The van der Waals surface area contributed by atoms with Gasteiger partial charge in [0.05, 0.1) is 5.69 Å². The Morgan fingerprint density at radius 1 is 1.33 bits per heavy atom. The molecule has 0 saturated heterocycles. The Bertz CT molecular complexity index is 517. The van der Waals surface area contributed by atoms with Gasteiger partial charge in [0.2, 0.25) is 0 Å². The Morgan fingerprint density at radius 3 is 2.60 bits per heavy atom. The van der Waals surface area contributed by atoms with Crippen LogP contribution < -0.4 is 0 Å². The van der Waals surface area contributed by atoms with Crippen molar-refractivity contribution in [1.29, 1.82) is 0 Å². The molecule has 80 valence electrons. The largest absolute Gasteiger partial charge is 0.236 e. The summed E-state index contributed by atoms with van der Waals surface area (Å²) in [4.78, 5) is 4.54. The number of hydrogen-bond acceptors (Lipinski definition) is 2. The summed E-state index contributed by atoms with van der Waals surface area (Å²) in [5.41, 5.74) is 2.14. The zero-order valence-corrected chi connectivity index (χ0v) is 11.9. The maximum absolute atomic E-state index is 4.54. The number of aromatic nitrogens is 3. The van der Waals surface area contributed by atoms with Gasteiger partial charge in [0, 0.05) is 4.47 Å². The number of fused-ring (bicyclic) bond motifs is 1. The Labute approximate surface area is 105 Å². The predicted octanol–water partition coefficient (Wildman–Crippen LogP) is 3.69. The Kier molecular flexibility index (Phi) is 2.85. The van der Waals surface area contributed by atoms with Crippen LogP contribution in [0, 0.1) is 6.92 Å². The maximum Gasteiger partial charge on any atom is 0.128 e. The van der Waals surface area contributed by atoms with Gasteiger partial charge in [-0.2, -0.15) is 5.10 Å². The molecule has 0 radical (unpaired) electrons. The van der Waals surface area contributed by atoms with Gasteiger partial charge < -0.3 is 0 Å². The van der Waals surface area contributed by atoms with Gasteiger partial charge in [-0.25, -0.2) is 9.50 Å². The maximum atomic E-state index is 4.54. The molecule has 0 amide bonds. The van der Waals surface area contributed by atoms with E-state index in [1.807, 2.05) is 17.5 Å². The molecule has 2 aromatic heterocycles. The SMILES string of the molecule is Cc1nc(C(C)C)c2c(Br)cc(Br)nn12. The summed E-state index contributed by atoms with van der Waals surface area (Å²) in [6.45, 7) is 6.23. The Hall–Kier alpha value is -0.420. The molecule has 15 heavy (non-hydrogen) atoms. The van der Waals surface area contributed by atoms with Gasteiger partial charge in [-0.15, -0.1) is 0 Å². The third-order valence-corrected chi connectivity index (χ3v) is 3.25. The first-order chi connectivity index (χ1) is 7.00. The Morgan fingerprint density at radius 2 is 2.00 bits per heavy atom. The third-order valence-electron chi connectivity index (χ3n) is 2.26. The highest BCUT2D eigenvalue weighted by Gasteiger charge is 2.15. The second-order valence-corrected chi connectivity index (χ2v) is 5.44. The van der Waals surface area contributed by atoms with Crippen molar-refractivity contribution in [1.82, 2.24) is 14.6 Å². The van der Waals surface area contributed by atoms with E-state index in [1.165, 1.54) is 0 Å². The molecular formula is C10H11Br2N3. The second kappa shape index (κ2) is 3.87. The van der Waals surface area contributed by atoms with Crippen molar-refractivity contribution in [2.45, 2.75) is 26.7 Å². The lowest BCUT2D eigenvalue weighted by Gasteiger charge is -2.03. The quantitative estimate of drug-likeness (QED) is 0.797. The number of nitrogens with zero attached hydrogens (tertiary/aromatic N) is 3. The molecule has 0 aliphatic carbocycles. The first kappa shape index (κ1) is 11.1. The fraction of sp³-hybridized carbons (Fsp3) is 0.400. The fourth-order valence-electron chi connectivity index (χ4n) is 1.59. The summed E-state index contributed by atoms with van der Waals surface area (Å²) < 4.78 is 3.69. The molecule has 0 atom stereocenters.